The van der Waals surface area contributed by atoms with Crippen LogP contribution >= 0.6 is 0 Å². The largest absolute Gasteiger partial charge is 0.382 e. The molecule has 0 bridgehead atoms. The molecule has 222 valence electrons. The van der Waals surface area contributed by atoms with E-state index < -0.39 is 11.2 Å². The van der Waals surface area contributed by atoms with Crippen molar-refractivity contribution in [2.45, 2.75) is 80.4 Å². The molecule has 0 saturated carbocycles. The van der Waals surface area contributed by atoms with Crippen LogP contribution in [0.4, 0.5) is 0 Å². The predicted octanol–water partition coefficient (Wildman–Crippen LogP) is 10.2. The predicted molar refractivity (Wildman–Crippen MR) is 184 cm³/mol. The summed E-state index contributed by atoms with van der Waals surface area (Å²) in [5.74, 6) is 0. The van der Waals surface area contributed by atoms with Gasteiger partial charge >= 0.3 is 0 Å². The number of rotatable bonds is 9. The molecule has 2 heteroatoms. The number of aliphatic hydroxyl groups is 2. The molecule has 0 saturated heterocycles. The number of allylic oxidation sites excluding steroid dienone is 24. The van der Waals surface area contributed by atoms with Gasteiger partial charge < -0.3 is 10.2 Å². The van der Waals surface area contributed by atoms with Crippen molar-refractivity contribution in [3.05, 3.63) is 165 Å². The van der Waals surface area contributed by atoms with Gasteiger partial charge in [0.1, 0.15) is 11.2 Å². The van der Waals surface area contributed by atoms with Crippen LogP contribution in [0.3, 0.4) is 0 Å². The van der Waals surface area contributed by atoms with Crippen LogP contribution in [0, 0.1) is 0 Å². The third-order valence-electron chi connectivity index (χ3n) is 8.00. The first-order valence-corrected chi connectivity index (χ1v) is 14.7. The fourth-order valence-corrected chi connectivity index (χ4v) is 4.34. The molecule has 2 nitrogen and oxygen atoms in total. The molecule has 0 aromatic carbocycles. The van der Waals surface area contributed by atoms with Crippen molar-refractivity contribution in [2.75, 3.05) is 0 Å². The van der Waals surface area contributed by atoms with Crippen molar-refractivity contribution in [3.63, 3.8) is 0 Å². The quantitative estimate of drug-likeness (QED) is 0.274. The Labute approximate surface area is 255 Å². The van der Waals surface area contributed by atoms with Crippen LogP contribution in [0.25, 0.3) is 0 Å². The van der Waals surface area contributed by atoms with Crippen LogP contribution < -0.4 is 0 Å². The summed E-state index contributed by atoms with van der Waals surface area (Å²) in [6.45, 7) is 20.1. The Morgan fingerprint density at radius 2 is 0.833 bits per heavy atom. The molecule has 0 radical (unpaired) electrons. The van der Waals surface area contributed by atoms with E-state index in [0.717, 1.165) is 44.6 Å². The summed E-state index contributed by atoms with van der Waals surface area (Å²) in [6, 6.07) is 0. The van der Waals surface area contributed by atoms with Gasteiger partial charge in [0.25, 0.3) is 0 Å². The Balaban J connectivity index is 1.90. The van der Waals surface area contributed by atoms with E-state index in [0.29, 0.717) is 0 Å². The lowest BCUT2D eigenvalue weighted by Gasteiger charge is -2.27. The lowest BCUT2D eigenvalue weighted by molar-refractivity contribution is 0.148. The van der Waals surface area contributed by atoms with Gasteiger partial charge in [0.15, 0.2) is 0 Å². The topological polar surface area (TPSA) is 40.5 Å². The van der Waals surface area contributed by atoms with Gasteiger partial charge in [-0.2, -0.15) is 0 Å². The van der Waals surface area contributed by atoms with Crippen LogP contribution in [0.1, 0.15) is 69.2 Å². The maximum Gasteiger partial charge on any atom is 0.102 e. The van der Waals surface area contributed by atoms with E-state index in [4.69, 9.17) is 0 Å². The zero-order chi connectivity index (χ0) is 31.5. The molecule has 2 rings (SSSR count). The SMILES string of the molecule is CC1=C(C)C(C)(O)C=C\C1=C/C=C(C)/C=C/C=C(C)/C=C/C=C/C(C)=C/C=C/C(C)=C/C=C1\C=CC(C)(O)C(C)=C1C. The lowest BCUT2D eigenvalue weighted by atomic mass is 9.84. The molecule has 0 heterocycles. The highest BCUT2D eigenvalue weighted by Crippen LogP contribution is 2.32. The highest BCUT2D eigenvalue weighted by molar-refractivity contribution is 5.52. The molecular formula is C40H50O2. The maximum atomic E-state index is 10.4. The van der Waals surface area contributed by atoms with Crippen LogP contribution in [0.2, 0.25) is 0 Å². The van der Waals surface area contributed by atoms with Gasteiger partial charge in [-0.15, -0.1) is 0 Å². The van der Waals surface area contributed by atoms with Gasteiger partial charge in [-0.1, -0.05) is 120 Å². The smallest absolute Gasteiger partial charge is 0.102 e. The van der Waals surface area contributed by atoms with Gasteiger partial charge in [0, 0.05) is 0 Å². The molecule has 0 amide bonds. The van der Waals surface area contributed by atoms with E-state index in [1.165, 1.54) is 11.1 Å². The van der Waals surface area contributed by atoms with Crippen LogP contribution in [0.5, 0.6) is 0 Å². The minimum atomic E-state index is -0.859. The van der Waals surface area contributed by atoms with Crippen molar-refractivity contribution in [1.82, 2.24) is 0 Å². The second-order valence-corrected chi connectivity index (χ2v) is 11.8. The Bertz CT molecular complexity index is 1340. The summed E-state index contributed by atoms with van der Waals surface area (Å²) in [7, 11) is 0. The second-order valence-electron chi connectivity index (χ2n) is 11.8. The van der Waals surface area contributed by atoms with E-state index in [-0.39, 0.29) is 0 Å². The average molecular weight is 563 g/mol. The Kier molecular flexibility index (Phi) is 12.7. The van der Waals surface area contributed by atoms with Crippen molar-refractivity contribution < 1.29 is 10.2 Å². The van der Waals surface area contributed by atoms with Crippen molar-refractivity contribution in [3.8, 4) is 0 Å². The molecule has 42 heavy (non-hydrogen) atoms. The van der Waals surface area contributed by atoms with E-state index in [1.807, 2.05) is 52.0 Å². The van der Waals surface area contributed by atoms with Crippen LogP contribution in [-0.4, -0.2) is 21.4 Å². The maximum absolute atomic E-state index is 10.4. The van der Waals surface area contributed by atoms with Crippen LogP contribution in [0.15, 0.2) is 165 Å². The minimum Gasteiger partial charge on any atom is -0.382 e. The normalized spacial score (nSPS) is 27.1. The molecule has 2 aliphatic rings. The molecule has 0 fully saturated rings. The summed E-state index contributed by atoms with van der Waals surface area (Å²) < 4.78 is 0. The molecule has 2 aliphatic carbocycles. The molecular weight excluding hydrogens is 512 g/mol. The summed E-state index contributed by atoms with van der Waals surface area (Å²) in [6.07, 6.45) is 36.9. The fourth-order valence-electron chi connectivity index (χ4n) is 4.34. The minimum absolute atomic E-state index is 0.859. The average Bonchev–Trinajstić information content (AvgIpc) is 2.92. The molecule has 0 aromatic rings. The van der Waals surface area contributed by atoms with Crippen molar-refractivity contribution in [1.29, 1.82) is 0 Å². The highest BCUT2D eigenvalue weighted by Gasteiger charge is 2.25. The van der Waals surface area contributed by atoms with Gasteiger partial charge in [0.2, 0.25) is 0 Å². The lowest BCUT2D eigenvalue weighted by Crippen LogP contribution is -2.26. The monoisotopic (exact) mass is 562 g/mol. The molecule has 2 unspecified atom stereocenters. The number of hydrogen-bond acceptors (Lipinski definition) is 2. The first-order chi connectivity index (χ1) is 19.6. The third kappa shape index (κ3) is 10.6. The Hall–Kier alpha value is -3.72. The molecule has 2 N–H and O–H groups in total. The van der Waals surface area contributed by atoms with Crippen LogP contribution in [-0.2, 0) is 0 Å². The zero-order valence-electron chi connectivity index (χ0n) is 27.3. The first kappa shape index (κ1) is 34.5. The first-order valence-electron chi connectivity index (χ1n) is 14.7. The Morgan fingerprint density at radius 3 is 1.19 bits per heavy atom. The van der Waals surface area contributed by atoms with Gasteiger partial charge in [-0.05, 0) is 115 Å². The molecule has 0 aromatic heterocycles. The standard InChI is InChI=1S/C40H50O2/c1-29(17-13-19-31(3)21-23-37-25-27-39(9,41)35(7)33(37)5)15-11-12-16-30(2)18-14-20-32(4)22-24-38-26-28-40(10,42)36(8)34(38)6/h11-28,41-42H,1-10H3/b15-11+,16-12+,19-13+,20-14+,29-17+,30-18+,31-21+,32-22+,37-23+,38-24+. The number of hydrogen-bond donors (Lipinski definition) is 2. The van der Waals surface area contributed by atoms with Crippen molar-refractivity contribution in [2.24, 2.45) is 0 Å². The third-order valence-corrected chi connectivity index (χ3v) is 8.00. The second kappa shape index (κ2) is 15.5. The molecule has 0 aliphatic heterocycles. The van der Waals surface area contributed by atoms with Gasteiger partial charge in [-0.3, -0.25) is 0 Å². The zero-order valence-corrected chi connectivity index (χ0v) is 27.3. The summed E-state index contributed by atoms with van der Waals surface area (Å²) >= 11 is 0. The molecule has 0 spiro atoms. The fraction of sp³-hybridized carbons (Fsp3) is 0.300. The van der Waals surface area contributed by atoms with Crippen molar-refractivity contribution >= 4 is 0 Å². The summed E-state index contributed by atoms with van der Waals surface area (Å²) in [5.41, 5.74) is 9.42. The van der Waals surface area contributed by atoms with E-state index in [2.05, 4.69) is 127 Å². The summed E-state index contributed by atoms with van der Waals surface area (Å²) in [4.78, 5) is 0. The van der Waals surface area contributed by atoms with E-state index >= 15 is 0 Å². The van der Waals surface area contributed by atoms with Gasteiger partial charge in [0.05, 0.1) is 0 Å². The molecule has 2 atom stereocenters. The Morgan fingerprint density at radius 1 is 0.524 bits per heavy atom. The van der Waals surface area contributed by atoms with E-state index in [1.54, 1.807) is 0 Å². The highest BCUT2D eigenvalue weighted by atomic mass is 16.3. The van der Waals surface area contributed by atoms with E-state index in [9.17, 15) is 10.2 Å². The summed E-state index contributed by atoms with van der Waals surface area (Å²) in [5, 5.41) is 20.8. The van der Waals surface area contributed by atoms with Gasteiger partial charge in [-0.25, -0.2) is 0 Å².